The van der Waals surface area contributed by atoms with Crippen LogP contribution in [0.15, 0.2) is 36.4 Å². The van der Waals surface area contributed by atoms with Crippen molar-refractivity contribution in [3.05, 3.63) is 42.0 Å². The van der Waals surface area contributed by atoms with Gasteiger partial charge in [-0.1, -0.05) is 30.3 Å². The Morgan fingerprint density at radius 3 is 2.55 bits per heavy atom. The van der Waals surface area contributed by atoms with Crippen LogP contribution in [0.3, 0.4) is 0 Å². The molecule has 0 bridgehead atoms. The highest BCUT2D eigenvalue weighted by molar-refractivity contribution is 5.74. The molecule has 0 radical (unpaired) electrons. The molecule has 1 heteroatoms. The summed E-state index contributed by atoms with van der Waals surface area (Å²) in [5.74, 6) is 0. The molecule has 0 aromatic heterocycles. The molecule has 54 valence electrons. The van der Waals surface area contributed by atoms with Crippen LogP contribution in [0.1, 0.15) is 5.56 Å². The van der Waals surface area contributed by atoms with Crippen LogP contribution in [0.25, 0.3) is 5.70 Å². The predicted molar refractivity (Wildman–Crippen MR) is 44.9 cm³/mol. The van der Waals surface area contributed by atoms with Gasteiger partial charge in [-0.2, -0.15) is 0 Å². The standard InChI is InChI=1S/C10H9N/c1-2-4-8(5-3-1)10-6-9-7-11(9)10/h1-6,9H,7H2/t9-,11?/m1/s1. The Morgan fingerprint density at radius 1 is 1.18 bits per heavy atom. The maximum absolute atomic E-state index is 2.41. The molecular formula is C10H9N. The van der Waals surface area contributed by atoms with Crippen LogP contribution in [-0.4, -0.2) is 17.5 Å². The Bertz CT molecular complexity index is 313. The molecule has 1 saturated heterocycles. The first-order valence-corrected chi connectivity index (χ1v) is 3.99. The minimum atomic E-state index is 0.796. The van der Waals surface area contributed by atoms with E-state index in [1.807, 2.05) is 0 Å². The van der Waals surface area contributed by atoms with Gasteiger partial charge in [0, 0.05) is 12.2 Å². The average Bonchev–Trinajstić information content (AvgIpc) is 2.64. The number of fused-ring (bicyclic) bond motifs is 1. The molecule has 1 aromatic rings. The summed E-state index contributed by atoms with van der Waals surface area (Å²) in [5, 5.41) is 0. The average molecular weight is 143 g/mol. The second kappa shape index (κ2) is 1.67. The Balaban J connectivity index is 2.01. The van der Waals surface area contributed by atoms with E-state index in [1.54, 1.807) is 0 Å². The fourth-order valence-corrected chi connectivity index (χ4v) is 1.64. The topological polar surface area (TPSA) is 3.01 Å². The lowest BCUT2D eigenvalue weighted by Gasteiger charge is -2.16. The van der Waals surface area contributed by atoms with Crippen LogP contribution in [0.2, 0.25) is 0 Å². The minimum absolute atomic E-state index is 0.796. The largest absolute Gasteiger partial charge is 0.361 e. The third-order valence-electron chi connectivity index (χ3n) is 2.38. The Labute approximate surface area is 65.9 Å². The van der Waals surface area contributed by atoms with Gasteiger partial charge in [0.25, 0.3) is 0 Å². The van der Waals surface area contributed by atoms with E-state index in [1.165, 1.54) is 17.8 Å². The van der Waals surface area contributed by atoms with Crippen molar-refractivity contribution in [3.63, 3.8) is 0 Å². The predicted octanol–water partition coefficient (Wildman–Crippen LogP) is 1.73. The first kappa shape index (κ1) is 5.42. The summed E-state index contributed by atoms with van der Waals surface area (Å²) in [5.41, 5.74) is 2.79. The Hall–Kier alpha value is -1.24. The molecule has 1 nitrogen and oxygen atoms in total. The first-order chi connectivity index (χ1) is 5.45. The molecule has 2 aliphatic heterocycles. The highest BCUT2D eigenvalue weighted by Crippen LogP contribution is 2.41. The van der Waals surface area contributed by atoms with Gasteiger partial charge in [-0.15, -0.1) is 0 Å². The van der Waals surface area contributed by atoms with Gasteiger partial charge in [-0.3, -0.25) is 0 Å². The molecule has 0 N–H and O–H groups in total. The van der Waals surface area contributed by atoms with Crippen molar-refractivity contribution >= 4 is 5.70 Å². The highest BCUT2D eigenvalue weighted by Gasteiger charge is 2.42. The van der Waals surface area contributed by atoms with Gasteiger partial charge in [0.05, 0.1) is 6.04 Å². The van der Waals surface area contributed by atoms with Crippen molar-refractivity contribution in [2.75, 3.05) is 6.54 Å². The third kappa shape index (κ3) is 0.653. The molecule has 0 unspecified atom stereocenters. The van der Waals surface area contributed by atoms with Crippen molar-refractivity contribution in [2.45, 2.75) is 6.04 Å². The lowest BCUT2D eigenvalue weighted by molar-refractivity contribution is 0.708. The summed E-state index contributed by atoms with van der Waals surface area (Å²) >= 11 is 0. The van der Waals surface area contributed by atoms with Crippen LogP contribution in [0, 0.1) is 0 Å². The van der Waals surface area contributed by atoms with Gasteiger partial charge in [0.1, 0.15) is 0 Å². The van der Waals surface area contributed by atoms with Crippen molar-refractivity contribution in [3.8, 4) is 0 Å². The maximum Gasteiger partial charge on any atom is 0.0672 e. The molecule has 3 rings (SSSR count). The molecule has 1 aromatic carbocycles. The smallest absolute Gasteiger partial charge is 0.0672 e. The van der Waals surface area contributed by atoms with Gasteiger partial charge in [0.15, 0.2) is 0 Å². The summed E-state index contributed by atoms with van der Waals surface area (Å²) in [6.45, 7) is 1.25. The lowest BCUT2D eigenvalue weighted by Crippen LogP contribution is -2.09. The SMILES string of the molecule is C1=C(c2ccccc2)N2C[C@@H]12. The van der Waals surface area contributed by atoms with Gasteiger partial charge in [-0.25, -0.2) is 0 Å². The van der Waals surface area contributed by atoms with E-state index in [9.17, 15) is 0 Å². The molecule has 2 aliphatic rings. The number of hydrogen-bond acceptors (Lipinski definition) is 1. The molecule has 0 aliphatic carbocycles. The monoisotopic (exact) mass is 143 g/mol. The van der Waals surface area contributed by atoms with Crippen molar-refractivity contribution < 1.29 is 0 Å². The van der Waals surface area contributed by atoms with E-state index in [0.717, 1.165) is 6.04 Å². The summed E-state index contributed by atoms with van der Waals surface area (Å²) < 4.78 is 0. The van der Waals surface area contributed by atoms with Crippen molar-refractivity contribution in [1.29, 1.82) is 0 Å². The Morgan fingerprint density at radius 2 is 2.00 bits per heavy atom. The molecule has 0 amide bonds. The van der Waals surface area contributed by atoms with Crippen molar-refractivity contribution in [1.82, 2.24) is 4.90 Å². The van der Waals surface area contributed by atoms with Gasteiger partial charge < -0.3 is 4.90 Å². The zero-order valence-corrected chi connectivity index (χ0v) is 6.20. The summed E-state index contributed by atoms with van der Waals surface area (Å²) in [7, 11) is 0. The molecule has 11 heavy (non-hydrogen) atoms. The fourth-order valence-electron chi connectivity index (χ4n) is 1.64. The first-order valence-electron chi connectivity index (χ1n) is 3.99. The molecular weight excluding hydrogens is 134 g/mol. The number of hydrogen-bond donors (Lipinski definition) is 0. The van der Waals surface area contributed by atoms with Gasteiger partial charge in [-0.05, 0) is 11.6 Å². The van der Waals surface area contributed by atoms with Crippen LogP contribution in [-0.2, 0) is 0 Å². The number of benzene rings is 1. The van der Waals surface area contributed by atoms with Crippen LogP contribution >= 0.6 is 0 Å². The summed E-state index contributed by atoms with van der Waals surface area (Å²) in [6, 6.07) is 11.4. The summed E-state index contributed by atoms with van der Waals surface area (Å²) in [6.07, 6.45) is 2.34. The Kier molecular flexibility index (Phi) is 0.823. The molecule has 0 saturated carbocycles. The zero-order valence-electron chi connectivity index (χ0n) is 6.20. The normalized spacial score (nSPS) is 25.3. The quantitative estimate of drug-likeness (QED) is 0.541. The molecule has 2 heterocycles. The van der Waals surface area contributed by atoms with Gasteiger partial charge >= 0.3 is 0 Å². The van der Waals surface area contributed by atoms with E-state index in [2.05, 4.69) is 41.3 Å². The second-order valence-electron chi connectivity index (χ2n) is 3.14. The third-order valence-corrected chi connectivity index (χ3v) is 2.38. The lowest BCUT2D eigenvalue weighted by atomic mass is 10.1. The fraction of sp³-hybridized carbons (Fsp3) is 0.200. The molecule has 1 fully saturated rings. The molecule has 1 atom stereocenters. The number of rotatable bonds is 1. The van der Waals surface area contributed by atoms with Crippen molar-refractivity contribution in [2.24, 2.45) is 0 Å². The maximum atomic E-state index is 2.41. The summed E-state index contributed by atoms with van der Waals surface area (Å²) in [4.78, 5) is 2.41. The van der Waals surface area contributed by atoms with Crippen LogP contribution in [0.4, 0.5) is 0 Å². The highest BCUT2D eigenvalue weighted by atomic mass is 15.4. The minimum Gasteiger partial charge on any atom is -0.361 e. The van der Waals surface area contributed by atoms with Gasteiger partial charge in [0.2, 0.25) is 0 Å². The van der Waals surface area contributed by atoms with E-state index in [-0.39, 0.29) is 0 Å². The number of nitrogens with zero attached hydrogens (tertiary/aromatic N) is 1. The van der Waals surface area contributed by atoms with E-state index in [4.69, 9.17) is 0 Å². The van der Waals surface area contributed by atoms with E-state index in [0.29, 0.717) is 0 Å². The zero-order chi connectivity index (χ0) is 7.26. The van der Waals surface area contributed by atoms with Crippen LogP contribution in [0.5, 0.6) is 0 Å². The van der Waals surface area contributed by atoms with E-state index >= 15 is 0 Å². The second-order valence-corrected chi connectivity index (χ2v) is 3.14. The molecule has 0 spiro atoms. The van der Waals surface area contributed by atoms with Crippen LogP contribution < -0.4 is 0 Å². The van der Waals surface area contributed by atoms with E-state index < -0.39 is 0 Å².